The van der Waals surface area contributed by atoms with E-state index in [9.17, 15) is 14.4 Å². The second-order valence-corrected chi connectivity index (χ2v) is 22.4. The van der Waals surface area contributed by atoms with Crippen molar-refractivity contribution in [1.82, 2.24) is 0 Å². The molecule has 1 unspecified atom stereocenters. The van der Waals surface area contributed by atoms with Crippen LogP contribution in [-0.4, -0.2) is 37.2 Å². The molecule has 0 amide bonds. The molecule has 0 heterocycles. The fourth-order valence-electron chi connectivity index (χ4n) is 9.95. The third-order valence-corrected chi connectivity index (χ3v) is 14.9. The van der Waals surface area contributed by atoms with Crippen LogP contribution in [0, 0.1) is 0 Å². The van der Waals surface area contributed by atoms with Crippen molar-refractivity contribution < 1.29 is 28.6 Å². The highest BCUT2D eigenvalue weighted by atomic mass is 16.6. The van der Waals surface area contributed by atoms with Gasteiger partial charge in [0.25, 0.3) is 0 Å². The molecule has 6 nitrogen and oxygen atoms in total. The maximum atomic E-state index is 12.9. The fourth-order valence-corrected chi connectivity index (χ4v) is 9.95. The predicted octanol–water partition coefficient (Wildman–Crippen LogP) is 22.2. The summed E-state index contributed by atoms with van der Waals surface area (Å²) in [5.74, 6) is -0.857. The summed E-state index contributed by atoms with van der Waals surface area (Å²) in [6.45, 7) is 6.66. The van der Waals surface area contributed by atoms with Gasteiger partial charge < -0.3 is 14.2 Å². The first kappa shape index (κ1) is 70.9. The Kier molecular flexibility index (Phi) is 60.6. The van der Waals surface area contributed by atoms with Crippen LogP contribution in [0.25, 0.3) is 0 Å². The van der Waals surface area contributed by atoms with Crippen molar-refractivity contribution in [3.63, 3.8) is 0 Å². The van der Waals surface area contributed by atoms with Crippen molar-refractivity contribution in [3.8, 4) is 0 Å². The third kappa shape index (κ3) is 60.6. The number of unbranched alkanes of at least 4 members (excludes halogenated alkanes) is 46. The summed E-state index contributed by atoms with van der Waals surface area (Å²) in [6, 6.07) is 0. The maximum Gasteiger partial charge on any atom is 0.306 e. The SMILES string of the molecule is CCCC/C=C\CCCCCCCC(=O)OCC(COC(=O)CCCCCCCCCCCCCCCCCCCCCCCCC)OC(=O)CCCCCCCCCCC/C=C\CCCCCCCCCC. The Balaban J connectivity index is 4.21. The predicted molar refractivity (Wildman–Crippen MR) is 316 cm³/mol. The van der Waals surface area contributed by atoms with Crippen LogP contribution in [0.15, 0.2) is 24.3 Å². The van der Waals surface area contributed by atoms with Gasteiger partial charge >= 0.3 is 17.9 Å². The lowest BCUT2D eigenvalue weighted by molar-refractivity contribution is -0.167. The zero-order valence-corrected chi connectivity index (χ0v) is 49.4. The van der Waals surface area contributed by atoms with E-state index in [0.29, 0.717) is 19.3 Å². The largest absolute Gasteiger partial charge is 0.462 e. The Hall–Kier alpha value is -2.11. The Labute approximate surface area is 455 Å². The number of esters is 3. The van der Waals surface area contributed by atoms with Crippen molar-refractivity contribution >= 4 is 17.9 Å². The van der Waals surface area contributed by atoms with E-state index in [2.05, 4.69) is 45.1 Å². The summed E-state index contributed by atoms with van der Waals surface area (Å²) >= 11 is 0. The second kappa shape index (κ2) is 62.4. The average Bonchev–Trinajstić information content (AvgIpc) is 3.39. The van der Waals surface area contributed by atoms with Crippen LogP contribution in [0.3, 0.4) is 0 Å². The van der Waals surface area contributed by atoms with Gasteiger partial charge in [-0.1, -0.05) is 308 Å². The lowest BCUT2D eigenvalue weighted by Crippen LogP contribution is -2.30. The standard InChI is InChI=1S/C67H126O6/c1-4-7-10-13-16-19-22-24-26-28-30-32-33-35-36-38-40-42-45-48-51-54-57-60-66(69)72-63-64(62-71-65(68)59-56-53-50-47-44-21-18-15-12-9-6-3)73-67(70)61-58-55-52-49-46-43-41-39-37-34-31-29-27-25-23-20-17-14-11-8-5-2/h15,18,29,31,64H,4-14,16-17,19-28,30,32-63H2,1-3H3/b18-15-,31-29-. The van der Waals surface area contributed by atoms with Crippen LogP contribution in [0.5, 0.6) is 0 Å². The minimum absolute atomic E-state index is 0.0697. The molecule has 73 heavy (non-hydrogen) atoms. The Morgan fingerprint density at radius 1 is 0.260 bits per heavy atom. The molecule has 0 fully saturated rings. The summed E-state index contributed by atoms with van der Waals surface area (Å²) in [6.07, 6.45) is 74.8. The van der Waals surface area contributed by atoms with E-state index in [1.807, 2.05) is 0 Å². The van der Waals surface area contributed by atoms with Gasteiger partial charge in [0.2, 0.25) is 0 Å². The van der Waals surface area contributed by atoms with E-state index < -0.39 is 6.10 Å². The lowest BCUT2D eigenvalue weighted by atomic mass is 10.0. The van der Waals surface area contributed by atoms with E-state index in [0.717, 1.165) is 64.2 Å². The van der Waals surface area contributed by atoms with Crippen molar-refractivity contribution in [1.29, 1.82) is 0 Å². The van der Waals surface area contributed by atoms with Crippen LogP contribution >= 0.6 is 0 Å². The topological polar surface area (TPSA) is 78.9 Å². The van der Waals surface area contributed by atoms with Gasteiger partial charge in [-0.25, -0.2) is 0 Å². The van der Waals surface area contributed by atoms with Gasteiger partial charge in [-0.2, -0.15) is 0 Å². The van der Waals surface area contributed by atoms with E-state index >= 15 is 0 Å². The highest BCUT2D eigenvalue weighted by molar-refractivity contribution is 5.71. The Morgan fingerprint density at radius 3 is 0.726 bits per heavy atom. The smallest absolute Gasteiger partial charge is 0.306 e. The number of hydrogen-bond donors (Lipinski definition) is 0. The Bertz CT molecular complexity index is 1180. The molecule has 1 atom stereocenters. The molecule has 0 bridgehead atoms. The molecule has 0 aliphatic rings. The quantitative estimate of drug-likeness (QED) is 0.0261. The molecular formula is C67H126O6. The van der Waals surface area contributed by atoms with Crippen LogP contribution < -0.4 is 0 Å². The summed E-state index contributed by atoms with van der Waals surface area (Å²) in [5.41, 5.74) is 0. The van der Waals surface area contributed by atoms with Gasteiger partial charge in [-0.15, -0.1) is 0 Å². The van der Waals surface area contributed by atoms with Gasteiger partial charge in [0, 0.05) is 19.3 Å². The normalized spacial score (nSPS) is 12.1. The van der Waals surface area contributed by atoms with Crippen LogP contribution in [-0.2, 0) is 28.6 Å². The highest BCUT2D eigenvalue weighted by Crippen LogP contribution is 2.18. The van der Waals surface area contributed by atoms with Crippen LogP contribution in [0.4, 0.5) is 0 Å². The summed E-state index contributed by atoms with van der Waals surface area (Å²) in [4.78, 5) is 38.3. The molecule has 0 aliphatic heterocycles. The fraction of sp³-hybridized carbons (Fsp3) is 0.896. The highest BCUT2D eigenvalue weighted by Gasteiger charge is 2.19. The first-order valence-electron chi connectivity index (χ1n) is 32.8. The molecule has 0 saturated carbocycles. The van der Waals surface area contributed by atoms with Gasteiger partial charge in [0.15, 0.2) is 6.10 Å². The molecule has 0 aromatic carbocycles. The third-order valence-electron chi connectivity index (χ3n) is 14.9. The van der Waals surface area contributed by atoms with Gasteiger partial charge in [0.1, 0.15) is 13.2 Å². The molecular weight excluding hydrogens is 901 g/mol. The molecule has 0 aromatic rings. The molecule has 0 radical (unpaired) electrons. The zero-order chi connectivity index (χ0) is 52.9. The van der Waals surface area contributed by atoms with E-state index in [4.69, 9.17) is 14.2 Å². The van der Waals surface area contributed by atoms with Crippen LogP contribution in [0.2, 0.25) is 0 Å². The van der Waals surface area contributed by atoms with Crippen molar-refractivity contribution in [2.24, 2.45) is 0 Å². The first-order valence-corrected chi connectivity index (χ1v) is 32.8. The van der Waals surface area contributed by atoms with E-state index in [-0.39, 0.29) is 31.1 Å². The van der Waals surface area contributed by atoms with E-state index in [1.165, 1.54) is 263 Å². The number of carbonyl (C=O) groups excluding carboxylic acids is 3. The van der Waals surface area contributed by atoms with Gasteiger partial charge in [0.05, 0.1) is 0 Å². The summed E-state index contributed by atoms with van der Waals surface area (Å²) in [7, 11) is 0. The first-order chi connectivity index (χ1) is 36.0. The zero-order valence-electron chi connectivity index (χ0n) is 49.4. The number of rotatable bonds is 61. The number of ether oxygens (including phenoxy) is 3. The Morgan fingerprint density at radius 2 is 0.466 bits per heavy atom. The summed E-state index contributed by atoms with van der Waals surface area (Å²) in [5, 5.41) is 0. The second-order valence-electron chi connectivity index (χ2n) is 22.4. The molecule has 0 aliphatic carbocycles. The van der Waals surface area contributed by atoms with Crippen molar-refractivity contribution in [3.05, 3.63) is 24.3 Å². The molecule has 6 heteroatoms. The molecule has 0 spiro atoms. The molecule has 0 aromatic heterocycles. The number of hydrogen-bond acceptors (Lipinski definition) is 6. The monoisotopic (exact) mass is 1030 g/mol. The summed E-state index contributed by atoms with van der Waals surface area (Å²) < 4.78 is 16.9. The average molecular weight is 1030 g/mol. The minimum atomic E-state index is -0.773. The molecule has 0 rings (SSSR count). The van der Waals surface area contributed by atoms with Crippen LogP contribution in [0.1, 0.15) is 367 Å². The van der Waals surface area contributed by atoms with Crippen molar-refractivity contribution in [2.45, 2.75) is 374 Å². The maximum absolute atomic E-state index is 12.9. The molecule has 0 saturated heterocycles. The minimum Gasteiger partial charge on any atom is -0.462 e. The molecule has 0 N–H and O–H groups in total. The van der Waals surface area contributed by atoms with Crippen molar-refractivity contribution in [2.75, 3.05) is 13.2 Å². The number of carbonyl (C=O) groups is 3. The number of allylic oxidation sites excluding steroid dienone is 4. The lowest BCUT2D eigenvalue weighted by Gasteiger charge is -2.18. The van der Waals surface area contributed by atoms with Gasteiger partial charge in [-0.3, -0.25) is 14.4 Å². The van der Waals surface area contributed by atoms with Gasteiger partial charge in [-0.05, 0) is 64.2 Å². The van der Waals surface area contributed by atoms with E-state index in [1.54, 1.807) is 0 Å². The molecule has 430 valence electrons.